The van der Waals surface area contributed by atoms with Gasteiger partial charge in [-0.25, -0.2) is 9.97 Å². The zero-order chi connectivity index (χ0) is 21.1. The van der Waals surface area contributed by atoms with Gasteiger partial charge in [-0.1, -0.05) is 37.0 Å². The topological polar surface area (TPSA) is 78.6 Å². The van der Waals surface area contributed by atoms with Gasteiger partial charge in [0.25, 0.3) is 0 Å². The summed E-state index contributed by atoms with van der Waals surface area (Å²) >= 11 is 11.9. The third-order valence-electron chi connectivity index (χ3n) is 4.53. The van der Waals surface area contributed by atoms with Crippen molar-refractivity contribution in [1.82, 2.24) is 19.9 Å². The number of rotatable bonds is 6. The van der Waals surface area contributed by atoms with Crippen LogP contribution in [-0.2, 0) is 13.6 Å². The van der Waals surface area contributed by atoms with Crippen molar-refractivity contribution in [2.24, 2.45) is 7.05 Å². The Kier molecular flexibility index (Phi) is 6.31. The van der Waals surface area contributed by atoms with Gasteiger partial charge in [0.2, 0.25) is 0 Å². The number of hydrogen-bond acceptors (Lipinski definition) is 5. The average molecular weight is 429 g/mol. The second-order valence-corrected chi connectivity index (χ2v) is 7.92. The maximum Gasteiger partial charge on any atom is 0.140 e. The molecule has 0 atom stereocenters. The van der Waals surface area contributed by atoms with Crippen LogP contribution in [0.5, 0.6) is 0 Å². The van der Waals surface area contributed by atoms with Crippen LogP contribution in [-0.4, -0.2) is 14.5 Å². The first-order chi connectivity index (χ1) is 13.8. The van der Waals surface area contributed by atoms with Gasteiger partial charge in [0.05, 0.1) is 24.4 Å². The number of nitrogens with zero attached hydrogens (tertiary/aromatic N) is 4. The van der Waals surface area contributed by atoms with E-state index >= 15 is 0 Å². The molecule has 8 heteroatoms. The van der Waals surface area contributed by atoms with Crippen molar-refractivity contribution in [1.29, 1.82) is 5.26 Å². The molecule has 0 saturated carbocycles. The minimum absolute atomic E-state index is 0.268. The highest BCUT2D eigenvalue weighted by molar-refractivity contribution is 6.32. The van der Waals surface area contributed by atoms with Crippen LogP contribution in [0.15, 0.2) is 36.3 Å². The number of halogens is 2. The maximum atomic E-state index is 9.13. The lowest BCUT2D eigenvalue weighted by molar-refractivity contribution is 0.782. The van der Waals surface area contributed by atoms with Crippen molar-refractivity contribution in [3.63, 3.8) is 0 Å². The minimum atomic E-state index is 0.268. The van der Waals surface area contributed by atoms with E-state index < -0.39 is 0 Å². The summed E-state index contributed by atoms with van der Waals surface area (Å²) in [6.07, 6.45) is 3.48. The molecule has 0 saturated heterocycles. The summed E-state index contributed by atoms with van der Waals surface area (Å²) in [6.45, 7) is 6.92. The summed E-state index contributed by atoms with van der Waals surface area (Å²) in [6, 6.07) is 7.42. The van der Waals surface area contributed by atoms with E-state index in [1.54, 1.807) is 12.1 Å². The molecule has 0 amide bonds. The summed E-state index contributed by atoms with van der Waals surface area (Å²) < 4.78 is 2.05. The Balaban J connectivity index is 1.86. The zero-order valence-electron chi connectivity index (χ0n) is 16.7. The Bertz CT molecular complexity index is 1100. The molecule has 6 nitrogen and oxygen atoms in total. The molecular weight excluding hydrogens is 407 g/mol. The fourth-order valence-corrected chi connectivity index (χ4v) is 3.76. The molecule has 2 N–H and O–H groups in total. The monoisotopic (exact) mass is 428 g/mol. The van der Waals surface area contributed by atoms with E-state index in [0.29, 0.717) is 24.0 Å². The number of aryl methyl sites for hydroxylation is 2. The highest BCUT2D eigenvalue weighted by atomic mass is 35.5. The summed E-state index contributed by atoms with van der Waals surface area (Å²) in [7, 11) is 2.00. The Hall–Kier alpha value is -2.75. The molecule has 0 unspecified atom stereocenters. The predicted octanol–water partition coefficient (Wildman–Crippen LogP) is 5.27. The van der Waals surface area contributed by atoms with Gasteiger partial charge in [-0.3, -0.25) is 0 Å². The lowest BCUT2D eigenvalue weighted by atomic mass is 9.98. The molecule has 150 valence electrons. The first-order valence-electron chi connectivity index (χ1n) is 9.17. The SMILES string of the molecule is Cc1cn(C)c2nc(CN/C(=C/C#N)Nc3cc(Cl)nc(Cl)c3)cc(C(C)C)c12. The molecular formula is C21H22Cl2N6. The van der Waals surface area contributed by atoms with Gasteiger partial charge in [0.15, 0.2) is 0 Å². The Morgan fingerprint density at radius 1 is 1.24 bits per heavy atom. The van der Waals surface area contributed by atoms with Gasteiger partial charge in [-0.2, -0.15) is 5.26 Å². The van der Waals surface area contributed by atoms with Crippen molar-refractivity contribution < 1.29 is 0 Å². The molecule has 0 aliphatic carbocycles. The quantitative estimate of drug-likeness (QED) is 0.412. The number of hydrogen-bond donors (Lipinski definition) is 2. The fraction of sp³-hybridized carbons (Fsp3) is 0.286. The Labute approximate surface area is 180 Å². The van der Waals surface area contributed by atoms with Crippen LogP contribution in [0.1, 0.15) is 36.6 Å². The summed E-state index contributed by atoms with van der Waals surface area (Å²) in [4.78, 5) is 8.74. The zero-order valence-corrected chi connectivity index (χ0v) is 18.2. The smallest absolute Gasteiger partial charge is 0.140 e. The summed E-state index contributed by atoms with van der Waals surface area (Å²) in [5, 5.41) is 17.2. The van der Waals surface area contributed by atoms with E-state index in [9.17, 15) is 0 Å². The normalized spacial score (nSPS) is 11.7. The molecule has 0 bridgehead atoms. The first-order valence-corrected chi connectivity index (χ1v) is 9.93. The highest BCUT2D eigenvalue weighted by Crippen LogP contribution is 2.29. The van der Waals surface area contributed by atoms with E-state index in [2.05, 4.69) is 48.7 Å². The van der Waals surface area contributed by atoms with E-state index in [-0.39, 0.29) is 10.3 Å². The van der Waals surface area contributed by atoms with Crippen molar-refractivity contribution in [3.8, 4) is 6.07 Å². The van der Waals surface area contributed by atoms with Gasteiger partial charge >= 0.3 is 0 Å². The molecule has 0 radical (unpaired) electrons. The lowest BCUT2D eigenvalue weighted by Crippen LogP contribution is -2.20. The molecule has 0 aromatic carbocycles. The van der Waals surface area contributed by atoms with Crippen molar-refractivity contribution in [2.75, 3.05) is 5.32 Å². The van der Waals surface area contributed by atoms with Crippen molar-refractivity contribution in [2.45, 2.75) is 33.2 Å². The van der Waals surface area contributed by atoms with E-state index in [1.165, 1.54) is 22.6 Å². The molecule has 0 spiro atoms. The van der Waals surface area contributed by atoms with Crippen LogP contribution >= 0.6 is 23.2 Å². The van der Waals surface area contributed by atoms with Gasteiger partial charge < -0.3 is 15.2 Å². The largest absolute Gasteiger partial charge is 0.365 e. The second-order valence-electron chi connectivity index (χ2n) is 7.15. The van der Waals surface area contributed by atoms with Gasteiger partial charge in [-0.05, 0) is 42.2 Å². The van der Waals surface area contributed by atoms with Crippen LogP contribution < -0.4 is 10.6 Å². The molecule has 3 aromatic rings. The Morgan fingerprint density at radius 2 is 1.93 bits per heavy atom. The van der Waals surface area contributed by atoms with Crippen molar-refractivity contribution in [3.05, 3.63) is 63.4 Å². The number of aromatic nitrogens is 3. The van der Waals surface area contributed by atoms with Crippen LogP contribution in [0.2, 0.25) is 10.3 Å². The third-order valence-corrected chi connectivity index (χ3v) is 4.92. The van der Waals surface area contributed by atoms with Crippen LogP contribution in [0, 0.1) is 18.3 Å². The van der Waals surface area contributed by atoms with Crippen LogP contribution in [0.25, 0.3) is 11.0 Å². The van der Waals surface area contributed by atoms with Crippen molar-refractivity contribution >= 4 is 39.9 Å². The molecule has 3 aromatic heterocycles. The van der Waals surface area contributed by atoms with Gasteiger partial charge in [-0.15, -0.1) is 0 Å². The first kappa shape index (κ1) is 21.0. The standard InChI is InChI=1S/C21H22Cl2N6/c1-12(2)16-7-15(27-21-20(16)13(3)11-29(21)4)10-25-19(5-6-24)26-14-8-17(22)28-18(23)9-14/h5,7-9,11-12,25H,10H2,1-4H3,(H,26,28)/b19-5-. The molecule has 29 heavy (non-hydrogen) atoms. The summed E-state index contributed by atoms with van der Waals surface area (Å²) in [5.74, 6) is 0.885. The predicted molar refractivity (Wildman–Crippen MR) is 118 cm³/mol. The molecule has 0 fully saturated rings. The van der Waals surface area contributed by atoms with Crippen LogP contribution in [0.3, 0.4) is 0 Å². The maximum absolute atomic E-state index is 9.13. The minimum Gasteiger partial charge on any atom is -0.365 e. The molecule has 0 aliphatic heterocycles. The molecule has 0 aliphatic rings. The average Bonchev–Trinajstić information content (AvgIpc) is 2.92. The highest BCUT2D eigenvalue weighted by Gasteiger charge is 2.14. The lowest BCUT2D eigenvalue weighted by Gasteiger charge is -2.15. The molecule has 3 rings (SSSR count). The number of pyridine rings is 2. The number of allylic oxidation sites excluding steroid dienone is 1. The number of nitrogens with one attached hydrogen (secondary N) is 2. The van der Waals surface area contributed by atoms with E-state index in [0.717, 1.165) is 11.3 Å². The Morgan fingerprint density at radius 3 is 2.55 bits per heavy atom. The van der Waals surface area contributed by atoms with Gasteiger partial charge in [0, 0.05) is 24.3 Å². The van der Waals surface area contributed by atoms with E-state index in [4.69, 9.17) is 33.4 Å². The number of nitriles is 1. The fourth-order valence-electron chi connectivity index (χ4n) is 3.30. The number of fused-ring (bicyclic) bond motifs is 1. The molecule has 3 heterocycles. The van der Waals surface area contributed by atoms with Gasteiger partial charge in [0.1, 0.15) is 21.8 Å². The third kappa shape index (κ3) is 4.81. The van der Waals surface area contributed by atoms with E-state index in [1.807, 2.05) is 17.7 Å². The summed E-state index contributed by atoms with van der Waals surface area (Å²) in [5.41, 5.74) is 4.96. The number of anilines is 1. The second kappa shape index (κ2) is 8.73. The van der Waals surface area contributed by atoms with Crippen LogP contribution in [0.4, 0.5) is 5.69 Å².